The third-order valence-corrected chi connectivity index (χ3v) is 14.2. The molecule has 0 aliphatic heterocycles. The molecular weight excluding hydrogens is 809 g/mol. The highest BCUT2D eigenvalue weighted by molar-refractivity contribution is 6.24. The van der Waals surface area contributed by atoms with Gasteiger partial charge in [0.15, 0.2) is 0 Å². The molecule has 0 amide bonds. The lowest BCUT2D eigenvalue weighted by Crippen LogP contribution is -2.17. The molecule has 1 aliphatic rings. The molecule has 11 rings (SSSR count). The van der Waals surface area contributed by atoms with E-state index in [4.69, 9.17) is 0 Å². The average Bonchev–Trinajstić information content (AvgIpc) is 3.60. The van der Waals surface area contributed by atoms with Crippen molar-refractivity contribution in [2.24, 2.45) is 0 Å². The van der Waals surface area contributed by atoms with Crippen LogP contribution in [0.25, 0.3) is 54.9 Å². The van der Waals surface area contributed by atoms with Gasteiger partial charge in [-0.25, -0.2) is 0 Å². The Bertz CT molecular complexity index is 3380. The molecule has 0 radical (unpaired) electrons. The monoisotopic (exact) mass is 864 g/mol. The molecule has 10 aromatic carbocycles. The summed E-state index contributed by atoms with van der Waals surface area (Å²) >= 11 is 0. The van der Waals surface area contributed by atoms with Crippen LogP contribution in [0, 0.1) is 0 Å². The summed E-state index contributed by atoms with van der Waals surface area (Å²) in [5.74, 6) is 0.837. The molecule has 67 heavy (non-hydrogen) atoms. The third kappa shape index (κ3) is 7.38. The second-order valence-corrected chi connectivity index (χ2v) is 19.3. The Morgan fingerprint density at radius 2 is 0.672 bits per heavy atom. The molecule has 0 bridgehead atoms. The standard InChI is InChI=1S/C65H56N2/c1-43(2)45-25-33-51(34-26-45)66(53-37-29-49(30-38-53)47-17-9-7-10-18-47)63-56-22-13-14-23-57(56)64(60-42-62-58(41-59(60)63)55-21-15-16-24-61(55)65(62,5)6)67(52-35-27-46(28-36-52)44(3)4)54-39-31-50(32-40-54)48-19-11-8-12-20-48/h7-44H,1-6H3. The summed E-state index contributed by atoms with van der Waals surface area (Å²) < 4.78 is 0. The van der Waals surface area contributed by atoms with Gasteiger partial charge in [-0.15, -0.1) is 0 Å². The average molecular weight is 865 g/mol. The molecule has 0 spiro atoms. The first-order valence-corrected chi connectivity index (χ1v) is 23.9. The molecule has 10 aromatic rings. The Kier molecular flexibility index (Phi) is 10.6. The number of anilines is 6. The van der Waals surface area contributed by atoms with E-state index in [0.29, 0.717) is 11.8 Å². The molecule has 2 heteroatoms. The quantitative estimate of drug-likeness (QED) is 0.0998. The van der Waals surface area contributed by atoms with Gasteiger partial charge >= 0.3 is 0 Å². The Labute approximate surface area is 396 Å². The lowest BCUT2D eigenvalue weighted by Gasteiger charge is -2.34. The molecule has 1 aliphatic carbocycles. The topological polar surface area (TPSA) is 6.48 Å². The largest absolute Gasteiger partial charge is 0.309 e. The smallest absolute Gasteiger partial charge is 0.0620 e. The van der Waals surface area contributed by atoms with E-state index in [1.54, 1.807) is 0 Å². The van der Waals surface area contributed by atoms with Crippen LogP contribution in [0.15, 0.2) is 218 Å². The first-order chi connectivity index (χ1) is 32.7. The SMILES string of the molecule is CC(C)c1ccc(N(c2ccc(-c3ccccc3)cc2)c2c3ccccc3c(N(c3ccc(-c4ccccc4)cc3)c3ccc(C(C)C)cc3)c3cc4c(cc23)-c2ccccc2C4(C)C)cc1. The zero-order valence-electron chi connectivity index (χ0n) is 39.3. The summed E-state index contributed by atoms with van der Waals surface area (Å²) in [4.78, 5) is 5.04. The zero-order chi connectivity index (χ0) is 45.8. The number of nitrogens with zero attached hydrogens (tertiary/aromatic N) is 2. The number of hydrogen-bond donors (Lipinski definition) is 0. The maximum absolute atomic E-state index is 2.54. The maximum atomic E-state index is 2.54. The van der Waals surface area contributed by atoms with Crippen LogP contribution in [-0.2, 0) is 5.41 Å². The highest BCUT2D eigenvalue weighted by Crippen LogP contribution is 2.56. The van der Waals surface area contributed by atoms with Crippen LogP contribution in [0.1, 0.15) is 75.6 Å². The second kappa shape index (κ2) is 17.0. The lowest BCUT2D eigenvalue weighted by atomic mass is 9.81. The molecular formula is C65H56N2. The highest BCUT2D eigenvalue weighted by Gasteiger charge is 2.37. The fourth-order valence-corrected chi connectivity index (χ4v) is 10.5. The van der Waals surface area contributed by atoms with E-state index in [9.17, 15) is 0 Å². The van der Waals surface area contributed by atoms with E-state index in [1.807, 2.05) is 0 Å². The maximum Gasteiger partial charge on any atom is 0.0620 e. The van der Waals surface area contributed by atoms with Crippen molar-refractivity contribution in [2.75, 3.05) is 9.80 Å². The number of hydrogen-bond acceptors (Lipinski definition) is 2. The fourth-order valence-electron chi connectivity index (χ4n) is 10.5. The fraction of sp³-hybridized carbons (Fsp3) is 0.138. The van der Waals surface area contributed by atoms with Crippen LogP contribution < -0.4 is 9.80 Å². The Morgan fingerprint density at radius 3 is 1.10 bits per heavy atom. The van der Waals surface area contributed by atoms with E-state index in [1.165, 1.54) is 88.6 Å². The molecule has 0 N–H and O–H groups in total. The van der Waals surface area contributed by atoms with Crippen molar-refractivity contribution in [3.05, 3.63) is 241 Å². The molecule has 326 valence electrons. The van der Waals surface area contributed by atoms with Gasteiger partial charge in [0.1, 0.15) is 0 Å². The molecule has 0 fully saturated rings. The third-order valence-electron chi connectivity index (χ3n) is 14.2. The van der Waals surface area contributed by atoms with Gasteiger partial charge in [0.2, 0.25) is 0 Å². The normalized spacial score (nSPS) is 12.7. The van der Waals surface area contributed by atoms with Gasteiger partial charge in [-0.3, -0.25) is 0 Å². The summed E-state index contributed by atoms with van der Waals surface area (Å²) in [5, 5.41) is 4.77. The van der Waals surface area contributed by atoms with Crippen molar-refractivity contribution in [3.63, 3.8) is 0 Å². The molecule has 0 saturated carbocycles. The number of rotatable bonds is 10. The molecule has 0 atom stereocenters. The van der Waals surface area contributed by atoms with Gasteiger partial charge in [0.05, 0.1) is 11.4 Å². The van der Waals surface area contributed by atoms with Crippen molar-refractivity contribution in [3.8, 4) is 33.4 Å². The van der Waals surface area contributed by atoms with Crippen molar-refractivity contribution in [1.82, 2.24) is 0 Å². The van der Waals surface area contributed by atoms with E-state index in [2.05, 4.69) is 270 Å². The minimum atomic E-state index is -0.204. The highest BCUT2D eigenvalue weighted by atomic mass is 15.2. The first kappa shape index (κ1) is 42.0. The molecule has 0 aromatic heterocycles. The minimum Gasteiger partial charge on any atom is -0.309 e. The molecule has 0 heterocycles. The predicted molar refractivity (Wildman–Crippen MR) is 287 cm³/mol. The van der Waals surface area contributed by atoms with E-state index >= 15 is 0 Å². The van der Waals surface area contributed by atoms with Gasteiger partial charge in [0.25, 0.3) is 0 Å². The van der Waals surface area contributed by atoms with Crippen LogP contribution in [-0.4, -0.2) is 0 Å². The summed E-state index contributed by atoms with van der Waals surface area (Å²) in [5.41, 5.74) is 19.3. The molecule has 2 nitrogen and oxygen atoms in total. The van der Waals surface area contributed by atoms with E-state index in [-0.39, 0.29) is 5.41 Å². The van der Waals surface area contributed by atoms with Crippen LogP contribution in [0.3, 0.4) is 0 Å². The van der Waals surface area contributed by atoms with E-state index in [0.717, 1.165) is 22.7 Å². The lowest BCUT2D eigenvalue weighted by molar-refractivity contribution is 0.661. The van der Waals surface area contributed by atoms with Gasteiger partial charge in [-0.1, -0.05) is 199 Å². The Balaban J connectivity index is 1.25. The van der Waals surface area contributed by atoms with Crippen LogP contribution >= 0.6 is 0 Å². The molecule has 0 saturated heterocycles. The Morgan fingerprint density at radius 1 is 0.313 bits per heavy atom. The first-order valence-electron chi connectivity index (χ1n) is 23.9. The van der Waals surface area contributed by atoms with Gasteiger partial charge in [0, 0.05) is 49.7 Å². The van der Waals surface area contributed by atoms with Crippen molar-refractivity contribution in [2.45, 2.75) is 58.8 Å². The van der Waals surface area contributed by atoms with Gasteiger partial charge in [-0.2, -0.15) is 0 Å². The molecule has 0 unspecified atom stereocenters. The van der Waals surface area contributed by atoms with Crippen LogP contribution in [0.4, 0.5) is 34.1 Å². The second-order valence-electron chi connectivity index (χ2n) is 19.3. The number of benzene rings is 10. The minimum absolute atomic E-state index is 0.204. The predicted octanol–water partition coefficient (Wildman–Crippen LogP) is 18.8. The Hall–Kier alpha value is -7.68. The van der Waals surface area contributed by atoms with Crippen LogP contribution in [0.5, 0.6) is 0 Å². The summed E-state index contributed by atoms with van der Waals surface area (Å²) in [6.07, 6.45) is 0. The summed E-state index contributed by atoms with van der Waals surface area (Å²) in [7, 11) is 0. The zero-order valence-corrected chi connectivity index (χ0v) is 39.3. The van der Waals surface area contributed by atoms with E-state index < -0.39 is 0 Å². The van der Waals surface area contributed by atoms with Gasteiger partial charge in [-0.05, 0) is 128 Å². The summed E-state index contributed by atoms with van der Waals surface area (Å²) in [6, 6.07) is 81.4. The van der Waals surface area contributed by atoms with Crippen LogP contribution in [0.2, 0.25) is 0 Å². The van der Waals surface area contributed by atoms with Crippen molar-refractivity contribution in [1.29, 1.82) is 0 Å². The van der Waals surface area contributed by atoms with Crippen molar-refractivity contribution < 1.29 is 0 Å². The number of fused-ring (bicyclic) bond motifs is 5. The summed E-state index contributed by atoms with van der Waals surface area (Å²) in [6.45, 7) is 13.9. The van der Waals surface area contributed by atoms with Gasteiger partial charge < -0.3 is 9.80 Å². The van der Waals surface area contributed by atoms with Crippen molar-refractivity contribution >= 4 is 55.7 Å².